The molecule has 0 spiro atoms. The second-order valence-electron chi connectivity index (χ2n) is 5.27. The van der Waals surface area contributed by atoms with Crippen LogP contribution >= 0.6 is 0 Å². The number of rotatable bonds is 9. The maximum absolute atomic E-state index is 7.45. The average molecular weight is 261 g/mol. The van der Waals surface area contributed by atoms with Crippen molar-refractivity contribution in [3.8, 4) is 0 Å². The summed E-state index contributed by atoms with van der Waals surface area (Å²) in [6, 6.07) is 7.97. The van der Waals surface area contributed by atoms with Gasteiger partial charge in [-0.2, -0.15) is 0 Å². The van der Waals surface area contributed by atoms with Gasteiger partial charge >= 0.3 is 0 Å². The molecular formula is C16H27N3. The van der Waals surface area contributed by atoms with Crippen LogP contribution in [0.3, 0.4) is 0 Å². The highest BCUT2D eigenvalue weighted by Crippen LogP contribution is 2.09. The molecule has 0 fully saturated rings. The summed E-state index contributed by atoms with van der Waals surface area (Å²) in [5.74, 6) is 0.143. The summed E-state index contributed by atoms with van der Waals surface area (Å²) in [5, 5.41) is 7.45. The fourth-order valence-corrected chi connectivity index (χ4v) is 2.21. The molecule has 0 unspecified atom stereocenters. The van der Waals surface area contributed by atoms with Crippen molar-refractivity contribution in [1.82, 2.24) is 4.90 Å². The van der Waals surface area contributed by atoms with Crippen molar-refractivity contribution in [2.75, 3.05) is 13.6 Å². The molecule has 0 aliphatic rings. The molecule has 0 amide bonds. The smallest absolute Gasteiger partial charge is 0.122 e. The van der Waals surface area contributed by atoms with Gasteiger partial charge in [-0.15, -0.1) is 0 Å². The van der Waals surface area contributed by atoms with Crippen LogP contribution in [-0.2, 0) is 6.54 Å². The first kappa shape index (κ1) is 15.7. The van der Waals surface area contributed by atoms with Gasteiger partial charge in [-0.05, 0) is 31.6 Å². The van der Waals surface area contributed by atoms with Crippen LogP contribution in [0.5, 0.6) is 0 Å². The van der Waals surface area contributed by atoms with Crippen molar-refractivity contribution in [3.63, 3.8) is 0 Å². The highest BCUT2D eigenvalue weighted by Gasteiger charge is 2.02. The summed E-state index contributed by atoms with van der Waals surface area (Å²) < 4.78 is 0. The number of nitrogens with zero attached hydrogens (tertiary/aromatic N) is 1. The van der Waals surface area contributed by atoms with Crippen molar-refractivity contribution in [1.29, 1.82) is 5.41 Å². The second-order valence-corrected chi connectivity index (χ2v) is 5.27. The number of nitrogens with one attached hydrogen (secondary N) is 1. The molecule has 0 atom stereocenters. The topological polar surface area (TPSA) is 53.1 Å². The van der Waals surface area contributed by atoms with E-state index in [1.807, 2.05) is 18.2 Å². The molecule has 0 aromatic heterocycles. The molecule has 0 saturated heterocycles. The Bertz CT molecular complexity index is 387. The Morgan fingerprint density at radius 3 is 2.63 bits per heavy atom. The van der Waals surface area contributed by atoms with E-state index in [1.165, 1.54) is 37.7 Å². The van der Waals surface area contributed by atoms with Crippen LogP contribution in [0.2, 0.25) is 0 Å². The molecule has 0 aliphatic heterocycles. The average Bonchev–Trinajstić information content (AvgIpc) is 2.38. The molecule has 0 aliphatic carbocycles. The monoisotopic (exact) mass is 261 g/mol. The van der Waals surface area contributed by atoms with Crippen LogP contribution in [0.4, 0.5) is 0 Å². The van der Waals surface area contributed by atoms with Crippen LogP contribution in [-0.4, -0.2) is 24.3 Å². The Kier molecular flexibility index (Phi) is 7.19. The third-order valence-electron chi connectivity index (χ3n) is 3.33. The van der Waals surface area contributed by atoms with Gasteiger partial charge in [0.2, 0.25) is 0 Å². The first-order valence-corrected chi connectivity index (χ1v) is 7.25. The zero-order valence-electron chi connectivity index (χ0n) is 12.3. The van der Waals surface area contributed by atoms with E-state index in [0.29, 0.717) is 0 Å². The molecule has 0 saturated carbocycles. The van der Waals surface area contributed by atoms with Crippen LogP contribution in [0.15, 0.2) is 24.3 Å². The van der Waals surface area contributed by atoms with Crippen molar-refractivity contribution in [2.24, 2.45) is 5.73 Å². The first-order valence-electron chi connectivity index (χ1n) is 7.25. The first-order chi connectivity index (χ1) is 9.13. The van der Waals surface area contributed by atoms with Gasteiger partial charge in [-0.3, -0.25) is 5.41 Å². The van der Waals surface area contributed by atoms with Crippen molar-refractivity contribution < 1.29 is 0 Å². The fourth-order valence-electron chi connectivity index (χ4n) is 2.21. The molecule has 0 heterocycles. The van der Waals surface area contributed by atoms with Gasteiger partial charge in [-0.25, -0.2) is 0 Å². The van der Waals surface area contributed by atoms with Gasteiger partial charge in [0.15, 0.2) is 0 Å². The Morgan fingerprint density at radius 2 is 1.95 bits per heavy atom. The number of nitrogens with two attached hydrogens (primary N) is 1. The van der Waals surface area contributed by atoms with Crippen LogP contribution in [0.25, 0.3) is 0 Å². The minimum Gasteiger partial charge on any atom is -0.384 e. The van der Waals surface area contributed by atoms with E-state index in [2.05, 4.69) is 24.9 Å². The van der Waals surface area contributed by atoms with Crippen molar-refractivity contribution in [2.45, 2.75) is 45.6 Å². The molecule has 0 radical (unpaired) electrons. The molecule has 19 heavy (non-hydrogen) atoms. The second kappa shape index (κ2) is 8.70. The third-order valence-corrected chi connectivity index (χ3v) is 3.33. The van der Waals surface area contributed by atoms with Crippen molar-refractivity contribution >= 4 is 5.84 Å². The van der Waals surface area contributed by atoms with E-state index < -0.39 is 0 Å². The number of unbranched alkanes of at least 4 members (excludes halogenated alkanes) is 4. The molecule has 3 heteroatoms. The van der Waals surface area contributed by atoms with E-state index in [4.69, 9.17) is 11.1 Å². The van der Waals surface area contributed by atoms with Gasteiger partial charge in [-0.1, -0.05) is 50.8 Å². The Hall–Kier alpha value is -1.35. The van der Waals surface area contributed by atoms with Crippen LogP contribution in [0, 0.1) is 5.41 Å². The van der Waals surface area contributed by atoms with E-state index in [-0.39, 0.29) is 5.84 Å². The van der Waals surface area contributed by atoms with E-state index in [0.717, 1.165) is 18.7 Å². The zero-order valence-corrected chi connectivity index (χ0v) is 12.3. The number of amidine groups is 1. The normalized spacial score (nSPS) is 10.9. The van der Waals surface area contributed by atoms with Gasteiger partial charge in [0.1, 0.15) is 5.84 Å². The number of hydrogen-bond donors (Lipinski definition) is 2. The molecule has 3 nitrogen and oxygen atoms in total. The van der Waals surface area contributed by atoms with Gasteiger partial charge in [0, 0.05) is 12.1 Å². The van der Waals surface area contributed by atoms with E-state index in [1.54, 1.807) is 0 Å². The Labute approximate surface area is 117 Å². The minimum absolute atomic E-state index is 0.143. The van der Waals surface area contributed by atoms with Gasteiger partial charge < -0.3 is 10.6 Å². The largest absolute Gasteiger partial charge is 0.384 e. The SMILES string of the molecule is CCCCCCCN(C)Cc1cccc(C(=N)N)c1. The fraction of sp³-hybridized carbons (Fsp3) is 0.562. The van der Waals surface area contributed by atoms with E-state index in [9.17, 15) is 0 Å². The summed E-state index contributed by atoms with van der Waals surface area (Å²) in [7, 11) is 2.15. The molecular weight excluding hydrogens is 234 g/mol. The molecule has 0 bridgehead atoms. The molecule has 1 rings (SSSR count). The number of nitrogen functional groups attached to an aromatic ring is 1. The molecule has 1 aromatic carbocycles. The van der Waals surface area contributed by atoms with Crippen LogP contribution in [0.1, 0.15) is 50.2 Å². The lowest BCUT2D eigenvalue weighted by molar-refractivity contribution is 0.316. The summed E-state index contributed by atoms with van der Waals surface area (Å²) in [6.45, 7) is 4.30. The third kappa shape index (κ3) is 6.39. The predicted octanol–water partition coefficient (Wildman–Crippen LogP) is 3.37. The highest BCUT2D eigenvalue weighted by atomic mass is 15.1. The van der Waals surface area contributed by atoms with Gasteiger partial charge in [0.05, 0.1) is 0 Å². The summed E-state index contributed by atoms with van der Waals surface area (Å²) in [4.78, 5) is 2.34. The lowest BCUT2D eigenvalue weighted by Crippen LogP contribution is -2.19. The lowest BCUT2D eigenvalue weighted by atomic mass is 10.1. The Morgan fingerprint density at radius 1 is 1.21 bits per heavy atom. The summed E-state index contributed by atoms with van der Waals surface area (Å²) in [6.07, 6.45) is 6.59. The van der Waals surface area contributed by atoms with Crippen LogP contribution < -0.4 is 5.73 Å². The van der Waals surface area contributed by atoms with E-state index >= 15 is 0 Å². The highest BCUT2D eigenvalue weighted by molar-refractivity contribution is 5.95. The standard InChI is InChI=1S/C16H27N3/c1-3-4-5-6-7-11-19(2)13-14-9-8-10-15(12-14)16(17)18/h8-10,12H,3-7,11,13H2,1-2H3,(H3,17,18). The summed E-state index contributed by atoms with van der Waals surface area (Å²) >= 11 is 0. The molecule has 1 aromatic rings. The predicted molar refractivity (Wildman–Crippen MR) is 82.6 cm³/mol. The molecule has 3 N–H and O–H groups in total. The maximum atomic E-state index is 7.45. The lowest BCUT2D eigenvalue weighted by Gasteiger charge is -2.17. The summed E-state index contributed by atoms with van der Waals surface area (Å²) in [5.41, 5.74) is 7.55. The maximum Gasteiger partial charge on any atom is 0.122 e. The Balaban J connectivity index is 2.33. The van der Waals surface area contributed by atoms with Crippen molar-refractivity contribution in [3.05, 3.63) is 35.4 Å². The minimum atomic E-state index is 0.143. The van der Waals surface area contributed by atoms with Gasteiger partial charge in [0.25, 0.3) is 0 Å². The number of hydrogen-bond acceptors (Lipinski definition) is 2. The quantitative estimate of drug-likeness (QED) is 0.407. The zero-order chi connectivity index (χ0) is 14.1. The number of benzene rings is 1. The molecule has 106 valence electrons.